The summed E-state index contributed by atoms with van der Waals surface area (Å²) in [5.74, 6) is 0.910. The van der Waals surface area contributed by atoms with Crippen LogP contribution in [-0.4, -0.2) is 30.5 Å². The molecule has 0 aliphatic heterocycles. The minimum atomic E-state index is -0.125. The van der Waals surface area contributed by atoms with Crippen molar-refractivity contribution in [2.45, 2.75) is 13.8 Å². The monoisotopic (exact) mass is 254 g/mol. The number of hydrogen-bond acceptors (Lipinski definition) is 3. The van der Waals surface area contributed by atoms with Crippen molar-refractivity contribution in [2.75, 3.05) is 20.3 Å². The first-order valence-electron chi connectivity index (χ1n) is 5.63. The van der Waals surface area contributed by atoms with Crippen LogP contribution in [0.15, 0.2) is 55.6 Å². The SMILES string of the molecule is C=CC.C=CC.COc1ccccc1.OCCO. The molecule has 18 heavy (non-hydrogen) atoms. The third-order valence-corrected chi connectivity index (χ3v) is 1.08. The standard InChI is InChI=1S/C7H8O.2C3H6.C2H6O2/c1-8-7-5-3-2-4-6-7;2*1-3-2;3-1-2-4/h2-6H,1H3;2*3H,1H2,2H3;3-4H,1-2H2. The van der Waals surface area contributed by atoms with E-state index in [4.69, 9.17) is 14.9 Å². The van der Waals surface area contributed by atoms with Crippen LogP contribution in [0, 0.1) is 0 Å². The Kier molecular flexibility index (Phi) is 29.6. The summed E-state index contributed by atoms with van der Waals surface area (Å²) in [5, 5.41) is 15.2. The van der Waals surface area contributed by atoms with E-state index in [0.29, 0.717) is 0 Å². The van der Waals surface area contributed by atoms with Crippen molar-refractivity contribution in [2.24, 2.45) is 0 Å². The molecule has 0 aliphatic rings. The summed E-state index contributed by atoms with van der Waals surface area (Å²) < 4.78 is 4.91. The van der Waals surface area contributed by atoms with Crippen LogP contribution in [0.2, 0.25) is 0 Å². The first kappa shape index (κ1) is 21.7. The summed E-state index contributed by atoms with van der Waals surface area (Å²) in [6.07, 6.45) is 3.50. The van der Waals surface area contributed by atoms with Crippen LogP contribution in [-0.2, 0) is 0 Å². The van der Waals surface area contributed by atoms with Gasteiger partial charge in [-0.1, -0.05) is 30.4 Å². The summed E-state index contributed by atoms with van der Waals surface area (Å²) in [7, 11) is 1.66. The van der Waals surface area contributed by atoms with Crippen molar-refractivity contribution in [1.82, 2.24) is 0 Å². The molecule has 0 aliphatic carbocycles. The lowest BCUT2D eigenvalue weighted by molar-refractivity contribution is 0.186. The average Bonchev–Trinajstić information content (AvgIpc) is 2.42. The predicted molar refractivity (Wildman–Crippen MR) is 78.9 cm³/mol. The van der Waals surface area contributed by atoms with E-state index in [1.54, 1.807) is 19.3 Å². The third kappa shape index (κ3) is 29.3. The Morgan fingerprint density at radius 2 is 1.33 bits per heavy atom. The summed E-state index contributed by atoms with van der Waals surface area (Å²) in [6, 6.07) is 9.68. The fraction of sp³-hybridized carbons (Fsp3) is 0.333. The Hall–Kier alpha value is -1.58. The van der Waals surface area contributed by atoms with E-state index < -0.39 is 0 Å². The molecule has 0 spiro atoms. The molecule has 1 aromatic carbocycles. The average molecular weight is 254 g/mol. The molecule has 0 heterocycles. The number of aliphatic hydroxyl groups excluding tert-OH is 2. The normalized spacial score (nSPS) is 6.94. The molecule has 1 rings (SSSR count). The number of methoxy groups -OCH3 is 1. The first-order valence-corrected chi connectivity index (χ1v) is 5.63. The van der Waals surface area contributed by atoms with Crippen molar-refractivity contribution >= 4 is 0 Å². The van der Waals surface area contributed by atoms with Gasteiger partial charge in [0.15, 0.2) is 0 Å². The second-order valence-electron chi connectivity index (χ2n) is 2.78. The van der Waals surface area contributed by atoms with Crippen LogP contribution in [0.5, 0.6) is 5.75 Å². The molecule has 0 aromatic heterocycles. The molecule has 0 fully saturated rings. The molecule has 0 bridgehead atoms. The molecule has 0 amide bonds. The predicted octanol–water partition coefficient (Wildman–Crippen LogP) is 3.05. The topological polar surface area (TPSA) is 49.7 Å². The maximum absolute atomic E-state index is 7.62. The Morgan fingerprint density at radius 3 is 1.50 bits per heavy atom. The van der Waals surface area contributed by atoms with E-state index in [-0.39, 0.29) is 13.2 Å². The van der Waals surface area contributed by atoms with E-state index in [1.165, 1.54) is 0 Å². The molecule has 0 saturated heterocycles. The number of aliphatic hydroxyl groups is 2. The van der Waals surface area contributed by atoms with Gasteiger partial charge in [-0.05, 0) is 26.0 Å². The zero-order chi connectivity index (χ0) is 14.6. The second kappa shape index (κ2) is 24.6. The second-order valence-corrected chi connectivity index (χ2v) is 2.78. The van der Waals surface area contributed by atoms with Gasteiger partial charge in [0.1, 0.15) is 5.75 Å². The molecule has 3 nitrogen and oxygen atoms in total. The van der Waals surface area contributed by atoms with Crippen molar-refractivity contribution in [3.63, 3.8) is 0 Å². The van der Waals surface area contributed by atoms with Gasteiger partial charge in [-0.15, -0.1) is 13.2 Å². The minimum Gasteiger partial charge on any atom is -0.497 e. The van der Waals surface area contributed by atoms with E-state index >= 15 is 0 Å². The fourth-order valence-electron chi connectivity index (χ4n) is 0.557. The maximum atomic E-state index is 7.62. The molecule has 0 saturated carbocycles. The van der Waals surface area contributed by atoms with E-state index in [2.05, 4.69) is 13.2 Å². The van der Waals surface area contributed by atoms with E-state index in [0.717, 1.165) is 5.75 Å². The van der Waals surface area contributed by atoms with Gasteiger partial charge in [0.2, 0.25) is 0 Å². The number of para-hydroxylation sites is 1. The van der Waals surface area contributed by atoms with Gasteiger partial charge in [0, 0.05) is 0 Å². The van der Waals surface area contributed by atoms with Crippen molar-refractivity contribution < 1.29 is 14.9 Å². The number of hydrogen-bond donors (Lipinski definition) is 2. The smallest absolute Gasteiger partial charge is 0.118 e. The minimum absolute atomic E-state index is 0.125. The van der Waals surface area contributed by atoms with Gasteiger partial charge >= 0.3 is 0 Å². The van der Waals surface area contributed by atoms with Crippen molar-refractivity contribution in [1.29, 1.82) is 0 Å². The summed E-state index contributed by atoms with van der Waals surface area (Å²) in [5.41, 5.74) is 0. The van der Waals surface area contributed by atoms with Gasteiger partial charge in [-0.3, -0.25) is 0 Å². The highest BCUT2D eigenvalue weighted by molar-refractivity contribution is 5.20. The van der Waals surface area contributed by atoms with Crippen LogP contribution in [0.1, 0.15) is 13.8 Å². The van der Waals surface area contributed by atoms with Crippen LogP contribution in [0.4, 0.5) is 0 Å². The van der Waals surface area contributed by atoms with Gasteiger partial charge in [-0.25, -0.2) is 0 Å². The number of ether oxygens (including phenoxy) is 1. The zero-order valence-electron chi connectivity index (χ0n) is 11.7. The van der Waals surface area contributed by atoms with E-state index in [1.807, 2.05) is 44.2 Å². The molecular formula is C15H26O3. The van der Waals surface area contributed by atoms with Crippen molar-refractivity contribution in [3.05, 3.63) is 55.6 Å². The quantitative estimate of drug-likeness (QED) is 0.797. The lowest BCUT2D eigenvalue weighted by Gasteiger charge is -1.93. The molecule has 2 N–H and O–H groups in total. The number of rotatable bonds is 2. The zero-order valence-corrected chi connectivity index (χ0v) is 11.7. The highest BCUT2D eigenvalue weighted by Crippen LogP contribution is 2.05. The van der Waals surface area contributed by atoms with Gasteiger partial charge < -0.3 is 14.9 Å². The summed E-state index contributed by atoms with van der Waals surface area (Å²) in [6.45, 7) is 10.2. The molecule has 0 unspecified atom stereocenters. The highest BCUT2D eigenvalue weighted by Gasteiger charge is 1.80. The lowest BCUT2D eigenvalue weighted by Crippen LogP contribution is -1.85. The van der Waals surface area contributed by atoms with E-state index in [9.17, 15) is 0 Å². The summed E-state index contributed by atoms with van der Waals surface area (Å²) in [4.78, 5) is 0. The highest BCUT2D eigenvalue weighted by atomic mass is 16.5. The van der Waals surface area contributed by atoms with Gasteiger partial charge in [0.25, 0.3) is 0 Å². The van der Waals surface area contributed by atoms with Crippen LogP contribution in [0.25, 0.3) is 0 Å². The fourth-order valence-corrected chi connectivity index (χ4v) is 0.557. The molecule has 3 heteroatoms. The lowest BCUT2D eigenvalue weighted by atomic mass is 10.3. The Bertz CT molecular complexity index is 237. The Labute approximate surface area is 111 Å². The Balaban J connectivity index is -0.000000192. The summed E-state index contributed by atoms with van der Waals surface area (Å²) >= 11 is 0. The number of allylic oxidation sites excluding steroid dienone is 2. The Morgan fingerprint density at radius 1 is 1.00 bits per heavy atom. The number of benzene rings is 1. The van der Waals surface area contributed by atoms with Crippen LogP contribution in [0.3, 0.4) is 0 Å². The molecular weight excluding hydrogens is 228 g/mol. The first-order chi connectivity index (χ1) is 8.67. The molecule has 104 valence electrons. The third-order valence-electron chi connectivity index (χ3n) is 1.08. The molecule has 0 atom stereocenters. The molecule has 1 aromatic rings. The molecule has 0 radical (unpaired) electrons. The van der Waals surface area contributed by atoms with Gasteiger partial charge in [-0.2, -0.15) is 0 Å². The van der Waals surface area contributed by atoms with Crippen LogP contribution < -0.4 is 4.74 Å². The maximum Gasteiger partial charge on any atom is 0.118 e. The van der Waals surface area contributed by atoms with Crippen LogP contribution >= 0.6 is 0 Å². The van der Waals surface area contributed by atoms with Crippen molar-refractivity contribution in [3.8, 4) is 5.75 Å². The largest absolute Gasteiger partial charge is 0.497 e. The van der Waals surface area contributed by atoms with Gasteiger partial charge in [0.05, 0.1) is 20.3 Å².